The minimum Gasteiger partial charge on any atom is -0.337 e. The molecule has 0 N–H and O–H groups in total. The molecule has 0 fully saturated rings. The van der Waals surface area contributed by atoms with Crippen molar-refractivity contribution in [3.63, 3.8) is 0 Å². The highest BCUT2D eigenvalue weighted by Crippen LogP contribution is 2.23. The number of halogens is 2. The standard InChI is InChI=1S/C16H12Br2N2O/c1-20(10-12-4-2-11(9-19)3-5-12)16(21)14-7-6-13(17)8-15(14)18/h2-8H,10H2,1H3. The molecule has 0 saturated heterocycles. The summed E-state index contributed by atoms with van der Waals surface area (Å²) in [6.45, 7) is 0.493. The molecule has 0 aromatic heterocycles. The molecule has 0 aliphatic rings. The van der Waals surface area contributed by atoms with Crippen LogP contribution in [0.25, 0.3) is 0 Å². The van der Waals surface area contributed by atoms with Gasteiger partial charge in [0.05, 0.1) is 17.2 Å². The van der Waals surface area contributed by atoms with E-state index in [9.17, 15) is 4.79 Å². The zero-order valence-electron chi connectivity index (χ0n) is 11.3. The minimum absolute atomic E-state index is 0.0567. The van der Waals surface area contributed by atoms with E-state index in [2.05, 4.69) is 37.9 Å². The van der Waals surface area contributed by atoms with Gasteiger partial charge in [-0.15, -0.1) is 0 Å². The maximum atomic E-state index is 12.4. The van der Waals surface area contributed by atoms with Crippen molar-refractivity contribution >= 4 is 37.8 Å². The molecule has 0 saturated carbocycles. The predicted octanol–water partition coefficient (Wildman–Crippen LogP) is 4.36. The van der Waals surface area contributed by atoms with Crippen molar-refractivity contribution in [1.29, 1.82) is 5.26 Å². The van der Waals surface area contributed by atoms with Crippen molar-refractivity contribution < 1.29 is 4.79 Å². The molecule has 2 rings (SSSR count). The van der Waals surface area contributed by atoms with Gasteiger partial charge in [0.25, 0.3) is 5.91 Å². The number of rotatable bonds is 3. The monoisotopic (exact) mass is 406 g/mol. The third-order valence-corrected chi connectivity index (χ3v) is 4.16. The van der Waals surface area contributed by atoms with E-state index in [0.29, 0.717) is 17.7 Å². The van der Waals surface area contributed by atoms with Gasteiger partial charge in [0.1, 0.15) is 0 Å². The van der Waals surface area contributed by atoms with Crippen LogP contribution in [0.4, 0.5) is 0 Å². The Hall–Kier alpha value is -1.64. The second-order valence-corrected chi connectivity index (χ2v) is 6.36. The second kappa shape index (κ2) is 6.88. The molecule has 0 bridgehead atoms. The molecule has 2 aromatic carbocycles. The van der Waals surface area contributed by atoms with E-state index >= 15 is 0 Å². The molecular weight excluding hydrogens is 396 g/mol. The van der Waals surface area contributed by atoms with E-state index in [1.54, 1.807) is 30.1 Å². The van der Waals surface area contributed by atoms with Crippen LogP contribution >= 0.6 is 31.9 Å². The second-order valence-electron chi connectivity index (χ2n) is 4.59. The van der Waals surface area contributed by atoms with Crippen LogP contribution < -0.4 is 0 Å². The highest BCUT2D eigenvalue weighted by atomic mass is 79.9. The minimum atomic E-state index is -0.0567. The van der Waals surface area contributed by atoms with Crippen LogP contribution in [0, 0.1) is 11.3 Å². The largest absolute Gasteiger partial charge is 0.337 e. The highest BCUT2D eigenvalue weighted by Gasteiger charge is 2.15. The van der Waals surface area contributed by atoms with Gasteiger partial charge in [0.2, 0.25) is 0 Å². The third kappa shape index (κ3) is 3.93. The number of nitriles is 1. The summed E-state index contributed by atoms with van der Waals surface area (Å²) in [5, 5.41) is 8.78. The predicted molar refractivity (Wildman–Crippen MR) is 88.8 cm³/mol. The number of hydrogen-bond acceptors (Lipinski definition) is 2. The lowest BCUT2D eigenvalue weighted by molar-refractivity contribution is 0.0784. The van der Waals surface area contributed by atoms with Crippen molar-refractivity contribution in [3.8, 4) is 6.07 Å². The van der Waals surface area contributed by atoms with Gasteiger partial charge in [-0.05, 0) is 51.8 Å². The number of carbonyl (C=O) groups excluding carboxylic acids is 1. The van der Waals surface area contributed by atoms with Crippen LogP contribution in [0.15, 0.2) is 51.4 Å². The van der Waals surface area contributed by atoms with E-state index in [4.69, 9.17) is 5.26 Å². The van der Waals surface area contributed by atoms with Gasteiger partial charge < -0.3 is 4.90 Å². The van der Waals surface area contributed by atoms with E-state index in [0.717, 1.165) is 14.5 Å². The van der Waals surface area contributed by atoms with Gasteiger partial charge in [-0.25, -0.2) is 0 Å². The van der Waals surface area contributed by atoms with Gasteiger partial charge >= 0.3 is 0 Å². The van der Waals surface area contributed by atoms with Crippen molar-refractivity contribution in [2.45, 2.75) is 6.54 Å². The Morgan fingerprint density at radius 1 is 1.19 bits per heavy atom. The van der Waals surface area contributed by atoms with E-state index < -0.39 is 0 Å². The van der Waals surface area contributed by atoms with Gasteiger partial charge in [-0.1, -0.05) is 28.1 Å². The molecule has 106 valence electrons. The molecule has 5 heteroatoms. The number of hydrogen-bond donors (Lipinski definition) is 0. The first-order valence-corrected chi connectivity index (χ1v) is 7.79. The first-order valence-electron chi connectivity index (χ1n) is 6.21. The fraction of sp³-hybridized carbons (Fsp3) is 0.125. The van der Waals surface area contributed by atoms with Crippen LogP contribution in [0.3, 0.4) is 0 Å². The van der Waals surface area contributed by atoms with E-state index in [1.165, 1.54) is 0 Å². The molecule has 0 unspecified atom stereocenters. The zero-order valence-corrected chi connectivity index (χ0v) is 14.5. The molecule has 3 nitrogen and oxygen atoms in total. The van der Waals surface area contributed by atoms with Crippen LogP contribution in [0.1, 0.15) is 21.5 Å². The SMILES string of the molecule is CN(Cc1ccc(C#N)cc1)C(=O)c1ccc(Br)cc1Br. The summed E-state index contributed by atoms with van der Waals surface area (Å²) in [5.41, 5.74) is 2.22. The first-order chi connectivity index (χ1) is 10.0. The summed E-state index contributed by atoms with van der Waals surface area (Å²) in [6.07, 6.45) is 0. The normalized spacial score (nSPS) is 10.0. The van der Waals surface area contributed by atoms with Crippen LogP contribution in [0.2, 0.25) is 0 Å². The van der Waals surface area contributed by atoms with Crippen LogP contribution in [0.5, 0.6) is 0 Å². The quantitative estimate of drug-likeness (QED) is 0.758. The molecular formula is C16H12Br2N2O. The lowest BCUT2D eigenvalue weighted by Crippen LogP contribution is -2.26. The van der Waals surface area contributed by atoms with Crippen LogP contribution in [-0.2, 0) is 6.54 Å². The van der Waals surface area contributed by atoms with E-state index in [-0.39, 0.29) is 5.91 Å². The average Bonchev–Trinajstić information content (AvgIpc) is 2.47. The van der Waals surface area contributed by atoms with E-state index in [1.807, 2.05) is 24.3 Å². The highest BCUT2D eigenvalue weighted by molar-refractivity contribution is 9.11. The summed E-state index contributed by atoms with van der Waals surface area (Å²) in [4.78, 5) is 14.1. The fourth-order valence-corrected chi connectivity index (χ4v) is 3.12. The molecule has 0 radical (unpaired) electrons. The number of benzene rings is 2. The topological polar surface area (TPSA) is 44.1 Å². The number of amides is 1. The summed E-state index contributed by atoms with van der Waals surface area (Å²) < 4.78 is 1.68. The molecule has 0 atom stereocenters. The third-order valence-electron chi connectivity index (χ3n) is 3.01. The van der Waals surface area contributed by atoms with Gasteiger partial charge in [0, 0.05) is 22.5 Å². The molecule has 2 aromatic rings. The van der Waals surface area contributed by atoms with Gasteiger partial charge in [-0.3, -0.25) is 4.79 Å². The van der Waals surface area contributed by atoms with Gasteiger partial charge in [-0.2, -0.15) is 5.26 Å². The van der Waals surface area contributed by atoms with Crippen molar-refractivity contribution in [3.05, 3.63) is 68.1 Å². The maximum Gasteiger partial charge on any atom is 0.255 e. The summed E-state index contributed by atoms with van der Waals surface area (Å²) in [7, 11) is 1.76. The molecule has 1 amide bonds. The number of carbonyl (C=O) groups is 1. The Bertz CT molecular complexity index is 705. The van der Waals surface area contributed by atoms with Crippen molar-refractivity contribution in [2.75, 3.05) is 7.05 Å². The Morgan fingerprint density at radius 2 is 1.86 bits per heavy atom. The smallest absolute Gasteiger partial charge is 0.255 e. The Kier molecular flexibility index (Phi) is 5.16. The average molecular weight is 408 g/mol. The molecule has 0 aliphatic carbocycles. The first kappa shape index (κ1) is 15.7. The Labute approximate surface area is 140 Å². The van der Waals surface area contributed by atoms with Crippen molar-refractivity contribution in [1.82, 2.24) is 4.90 Å². The Balaban J connectivity index is 2.13. The summed E-state index contributed by atoms with van der Waals surface area (Å²) in [6, 6.07) is 14.8. The molecule has 21 heavy (non-hydrogen) atoms. The van der Waals surface area contributed by atoms with Crippen LogP contribution in [-0.4, -0.2) is 17.9 Å². The fourth-order valence-electron chi connectivity index (χ4n) is 1.90. The zero-order chi connectivity index (χ0) is 15.4. The lowest BCUT2D eigenvalue weighted by Gasteiger charge is -2.18. The molecule has 0 spiro atoms. The van der Waals surface area contributed by atoms with Crippen molar-refractivity contribution in [2.24, 2.45) is 0 Å². The molecule has 0 aliphatic heterocycles. The molecule has 0 heterocycles. The lowest BCUT2D eigenvalue weighted by atomic mass is 10.1. The summed E-state index contributed by atoms with van der Waals surface area (Å²) >= 11 is 6.78. The Morgan fingerprint density at radius 3 is 2.43 bits per heavy atom. The summed E-state index contributed by atoms with van der Waals surface area (Å²) in [5.74, 6) is -0.0567. The van der Waals surface area contributed by atoms with Gasteiger partial charge in [0.15, 0.2) is 0 Å². The number of nitrogens with zero attached hydrogens (tertiary/aromatic N) is 2. The maximum absolute atomic E-state index is 12.4.